The number of hydrogen-bond donors (Lipinski definition) is 0. The summed E-state index contributed by atoms with van der Waals surface area (Å²) in [7, 11) is 0. The molecule has 5 nitrogen and oxygen atoms in total. The van der Waals surface area contributed by atoms with Crippen molar-refractivity contribution >= 4 is 5.91 Å². The molecule has 0 N–H and O–H groups in total. The smallest absolute Gasteiger partial charge is 0.222 e. The van der Waals surface area contributed by atoms with Gasteiger partial charge in [-0.15, -0.1) is 0 Å². The van der Waals surface area contributed by atoms with E-state index in [1.54, 1.807) is 0 Å². The summed E-state index contributed by atoms with van der Waals surface area (Å²) < 4.78 is 5.55. The van der Waals surface area contributed by atoms with Gasteiger partial charge in [-0.05, 0) is 32.6 Å². The van der Waals surface area contributed by atoms with Crippen LogP contribution in [0.25, 0.3) is 0 Å². The Balaban J connectivity index is 2.02. The zero-order valence-corrected chi connectivity index (χ0v) is 14.8. The number of aryl methyl sites for hydroxylation is 1. The molecule has 1 aliphatic rings. The van der Waals surface area contributed by atoms with Crippen molar-refractivity contribution in [1.29, 1.82) is 0 Å². The average molecular weight is 319 g/mol. The first-order valence-corrected chi connectivity index (χ1v) is 8.69. The molecule has 1 aromatic rings. The number of rotatable bonds is 6. The Morgan fingerprint density at radius 3 is 2.70 bits per heavy atom. The van der Waals surface area contributed by atoms with Gasteiger partial charge < -0.3 is 9.64 Å². The second-order valence-corrected chi connectivity index (χ2v) is 6.72. The zero-order chi connectivity index (χ0) is 16.8. The van der Waals surface area contributed by atoms with Crippen LogP contribution in [0.2, 0.25) is 0 Å². The normalized spacial score (nSPS) is 16.1. The van der Waals surface area contributed by atoms with Crippen LogP contribution in [0.15, 0.2) is 6.20 Å². The molecular formula is C18H29N3O2. The van der Waals surface area contributed by atoms with Crippen LogP contribution in [0, 0.1) is 12.8 Å². The lowest BCUT2D eigenvalue weighted by atomic mass is 9.90. The first-order valence-electron chi connectivity index (χ1n) is 8.69. The molecule has 0 aromatic carbocycles. The lowest BCUT2D eigenvalue weighted by molar-refractivity contribution is -0.133. The van der Waals surface area contributed by atoms with Crippen LogP contribution in [0.4, 0.5) is 0 Å². The molecule has 1 aliphatic heterocycles. The predicted molar refractivity (Wildman–Crippen MR) is 90.1 cm³/mol. The molecule has 0 unspecified atom stereocenters. The predicted octanol–water partition coefficient (Wildman–Crippen LogP) is 3.07. The van der Waals surface area contributed by atoms with E-state index < -0.39 is 0 Å². The third-order valence-corrected chi connectivity index (χ3v) is 4.30. The van der Waals surface area contributed by atoms with Crippen molar-refractivity contribution in [2.45, 2.75) is 59.5 Å². The largest absolute Gasteiger partial charge is 0.377 e. The maximum absolute atomic E-state index is 12.2. The Kier molecular flexibility index (Phi) is 6.51. The van der Waals surface area contributed by atoms with E-state index in [4.69, 9.17) is 4.74 Å². The van der Waals surface area contributed by atoms with E-state index in [0.29, 0.717) is 31.5 Å². The van der Waals surface area contributed by atoms with Gasteiger partial charge in [0.25, 0.3) is 0 Å². The number of carbonyl (C=O) groups excluding carboxylic acids is 1. The summed E-state index contributed by atoms with van der Waals surface area (Å²) in [5.41, 5.74) is 2.20. The van der Waals surface area contributed by atoms with Gasteiger partial charge in [-0.1, -0.05) is 13.8 Å². The van der Waals surface area contributed by atoms with Crippen LogP contribution in [-0.2, 0) is 16.1 Å². The molecule has 0 bridgehead atoms. The van der Waals surface area contributed by atoms with Gasteiger partial charge in [0.1, 0.15) is 5.82 Å². The van der Waals surface area contributed by atoms with Crippen molar-refractivity contribution in [2.24, 2.45) is 5.92 Å². The first kappa shape index (κ1) is 17.9. The molecule has 0 radical (unpaired) electrons. The summed E-state index contributed by atoms with van der Waals surface area (Å²) >= 11 is 0. The summed E-state index contributed by atoms with van der Waals surface area (Å²) in [5.74, 6) is 1.91. The Hall–Kier alpha value is -1.49. The number of carbonyl (C=O) groups is 1. The van der Waals surface area contributed by atoms with Gasteiger partial charge >= 0.3 is 0 Å². The Bertz CT molecular complexity index is 523. The van der Waals surface area contributed by atoms with E-state index in [-0.39, 0.29) is 5.91 Å². The van der Waals surface area contributed by atoms with Crippen molar-refractivity contribution in [2.75, 3.05) is 19.7 Å². The SMILES string of the molecule is CCOCc1cnc(C)nc1C1CCN(C(=O)CC(C)C)CC1. The van der Waals surface area contributed by atoms with Crippen LogP contribution in [0.5, 0.6) is 0 Å². The third-order valence-electron chi connectivity index (χ3n) is 4.30. The van der Waals surface area contributed by atoms with Gasteiger partial charge in [0.15, 0.2) is 0 Å². The van der Waals surface area contributed by atoms with Crippen LogP contribution >= 0.6 is 0 Å². The highest BCUT2D eigenvalue weighted by atomic mass is 16.5. The standard InChI is InChI=1S/C18H29N3O2/c1-5-23-12-16-11-19-14(4)20-18(16)15-6-8-21(9-7-15)17(22)10-13(2)3/h11,13,15H,5-10,12H2,1-4H3. The fraction of sp³-hybridized carbons (Fsp3) is 0.722. The van der Waals surface area contributed by atoms with Crippen molar-refractivity contribution in [3.05, 3.63) is 23.3 Å². The monoisotopic (exact) mass is 319 g/mol. The highest BCUT2D eigenvalue weighted by Crippen LogP contribution is 2.29. The van der Waals surface area contributed by atoms with E-state index in [9.17, 15) is 4.79 Å². The lowest BCUT2D eigenvalue weighted by Gasteiger charge is -2.33. The maximum Gasteiger partial charge on any atom is 0.222 e. The van der Waals surface area contributed by atoms with Crippen molar-refractivity contribution < 1.29 is 9.53 Å². The fourth-order valence-corrected chi connectivity index (χ4v) is 3.07. The summed E-state index contributed by atoms with van der Waals surface area (Å²) in [6, 6.07) is 0. The Morgan fingerprint density at radius 1 is 1.39 bits per heavy atom. The summed E-state index contributed by atoms with van der Waals surface area (Å²) in [5, 5.41) is 0. The number of nitrogens with zero attached hydrogens (tertiary/aromatic N) is 3. The van der Waals surface area contributed by atoms with E-state index in [1.165, 1.54) is 0 Å². The molecule has 1 saturated heterocycles. The topological polar surface area (TPSA) is 55.3 Å². The van der Waals surface area contributed by atoms with Crippen LogP contribution in [0.1, 0.15) is 63.0 Å². The van der Waals surface area contributed by atoms with Gasteiger partial charge in [0.05, 0.1) is 12.3 Å². The molecule has 1 amide bonds. The second-order valence-electron chi connectivity index (χ2n) is 6.72. The van der Waals surface area contributed by atoms with Gasteiger partial charge in [-0.2, -0.15) is 0 Å². The van der Waals surface area contributed by atoms with Gasteiger partial charge in [-0.25, -0.2) is 9.97 Å². The molecule has 0 aliphatic carbocycles. The maximum atomic E-state index is 12.2. The second kappa shape index (κ2) is 8.39. The van der Waals surface area contributed by atoms with Crippen molar-refractivity contribution in [3.8, 4) is 0 Å². The van der Waals surface area contributed by atoms with E-state index in [0.717, 1.165) is 43.0 Å². The molecule has 2 rings (SSSR count). The molecule has 128 valence electrons. The van der Waals surface area contributed by atoms with Crippen molar-refractivity contribution in [1.82, 2.24) is 14.9 Å². The summed E-state index contributed by atoms with van der Waals surface area (Å²) in [6.07, 6.45) is 4.48. The van der Waals surface area contributed by atoms with E-state index in [1.807, 2.05) is 24.9 Å². The molecule has 0 spiro atoms. The molecular weight excluding hydrogens is 290 g/mol. The highest BCUT2D eigenvalue weighted by molar-refractivity contribution is 5.76. The molecule has 1 aromatic heterocycles. The van der Waals surface area contributed by atoms with Gasteiger partial charge in [-0.3, -0.25) is 4.79 Å². The number of hydrogen-bond acceptors (Lipinski definition) is 4. The number of piperidine rings is 1. The van der Waals surface area contributed by atoms with E-state index in [2.05, 4.69) is 23.8 Å². The number of amides is 1. The lowest BCUT2D eigenvalue weighted by Crippen LogP contribution is -2.38. The molecule has 5 heteroatoms. The molecule has 1 fully saturated rings. The number of aromatic nitrogens is 2. The minimum absolute atomic E-state index is 0.284. The minimum Gasteiger partial charge on any atom is -0.377 e. The molecule has 0 atom stereocenters. The average Bonchev–Trinajstić information content (AvgIpc) is 2.53. The van der Waals surface area contributed by atoms with Gasteiger partial charge in [0, 0.05) is 43.8 Å². The fourth-order valence-electron chi connectivity index (χ4n) is 3.07. The number of likely N-dealkylation sites (tertiary alicyclic amines) is 1. The summed E-state index contributed by atoms with van der Waals surface area (Å²) in [6.45, 7) is 11.0. The Morgan fingerprint density at radius 2 is 2.09 bits per heavy atom. The molecule has 0 saturated carbocycles. The van der Waals surface area contributed by atoms with Crippen LogP contribution in [-0.4, -0.2) is 40.5 Å². The quantitative estimate of drug-likeness (QED) is 0.808. The van der Waals surface area contributed by atoms with E-state index >= 15 is 0 Å². The molecule has 2 heterocycles. The zero-order valence-electron chi connectivity index (χ0n) is 14.8. The van der Waals surface area contributed by atoms with Gasteiger partial charge in [0.2, 0.25) is 5.91 Å². The van der Waals surface area contributed by atoms with Crippen LogP contribution in [0.3, 0.4) is 0 Å². The number of ether oxygens (including phenoxy) is 1. The minimum atomic E-state index is 0.284. The van der Waals surface area contributed by atoms with Crippen LogP contribution < -0.4 is 0 Å². The Labute approximate surface area is 139 Å². The third kappa shape index (κ3) is 4.99. The first-order chi connectivity index (χ1) is 11.0. The summed E-state index contributed by atoms with van der Waals surface area (Å²) in [4.78, 5) is 23.2. The molecule has 23 heavy (non-hydrogen) atoms. The highest BCUT2D eigenvalue weighted by Gasteiger charge is 2.26. The van der Waals surface area contributed by atoms with Crippen molar-refractivity contribution in [3.63, 3.8) is 0 Å².